The van der Waals surface area contributed by atoms with E-state index in [2.05, 4.69) is 20.6 Å². The molecule has 0 fully saturated rings. The number of aromatic hydroxyl groups is 1. The Bertz CT molecular complexity index is 1240. The van der Waals surface area contributed by atoms with Crippen molar-refractivity contribution in [3.8, 4) is 5.75 Å². The molecular weight excluding hydrogens is 376 g/mol. The Morgan fingerprint density at radius 1 is 1.00 bits per heavy atom. The van der Waals surface area contributed by atoms with Gasteiger partial charge in [0, 0.05) is 34.7 Å². The van der Waals surface area contributed by atoms with E-state index in [1.54, 1.807) is 24.4 Å². The van der Waals surface area contributed by atoms with E-state index >= 15 is 0 Å². The molecule has 4 rings (SSSR count). The van der Waals surface area contributed by atoms with Gasteiger partial charge in [0.15, 0.2) is 0 Å². The number of amides is 1. The van der Waals surface area contributed by atoms with Crippen LogP contribution in [0.2, 0.25) is 0 Å². The summed E-state index contributed by atoms with van der Waals surface area (Å²) in [7, 11) is 0. The van der Waals surface area contributed by atoms with Gasteiger partial charge in [-0.1, -0.05) is 24.3 Å². The number of phenols is 1. The first kappa shape index (κ1) is 19.4. The largest absolute Gasteiger partial charge is 0.508 e. The molecule has 2 heterocycles. The molecule has 6 nitrogen and oxygen atoms in total. The van der Waals surface area contributed by atoms with Gasteiger partial charge in [-0.2, -0.15) is 0 Å². The van der Waals surface area contributed by atoms with Crippen LogP contribution in [0.5, 0.6) is 5.75 Å². The van der Waals surface area contributed by atoms with Crippen molar-refractivity contribution < 1.29 is 9.90 Å². The van der Waals surface area contributed by atoms with Gasteiger partial charge < -0.3 is 15.7 Å². The molecule has 0 unspecified atom stereocenters. The van der Waals surface area contributed by atoms with Crippen molar-refractivity contribution in [2.24, 2.45) is 0 Å². The van der Waals surface area contributed by atoms with Crippen LogP contribution in [0.3, 0.4) is 0 Å². The van der Waals surface area contributed by atoms with E-state index in [1.807, 2.05) is 56.3 Å². The monoisotopic (exact) mass is 398 g/mol. The third kappa shape index (κ3) is 4.07. The summed E-state index contributed by atoms with van der Waals surface area (Å²) in [6, 6.07) is 18.3. The number of aromatic nitrogens is 2. The SMILES string of the molecule is Cc1cccc(CNC(=O)c2cccc3c(Nc4cc(O)ccc4C)ccnc23)n1. The van der Waals surface area contributed by atoms with Crippen LogP contribution in [0.25, 0.3) is 10.9 Å². The minimum atomic E-state index is -0.206. The number of carbonyl (C=O) groups is 1. The number of rotatable bonds is 5. The normalized spacial score (nSPS) is 10.7. The summed E-state index contributed by atoms with van der Waals surface area (Å²) in [5.74, 6) is -0.0200. The Hall–Kier alpha value is -3.93. The van der Waals surface area contributed by atoms with Crippen LogP contribution in [0, 0.1) is 13.8 Å². The molecule has 0 aliphatic carbocycles. The summed E-state index contributed by atoms with van der Waals surface area (Å²) >= 11 is 0. The third-order valence-electron chi connectivity index (χ3n) is 4.88. The highest BCUT2D eigenvalue weighted by Gasteiger charge is 2.13. The number of nitrogens with zero attached hydrogens (tertiary/aromatic N) is 2. The maximum Gasteiger partial charge on any atom is 0.253 e. The van der Waals surface area contributed by atoms with E-state index < -0.39 is 0 Å². The molecule has 3 N–H and O–H groups in total. The molecular formula is C24H22N4O2. The summed E-state index contributed by atoms with van der Waals surface area (Å²) in [5, 5.41) is 16.9. The molecule has 2 aromatic carbocycles. The van der Waals surface area contributed by atoms with Gasteiger partial charge in [-0.25, -0.2) is 0 Å². The van der Waals surface area contributed by atoms with Crippen LogP contribution in [0.1, 0.15) is 27.3 Å². The van der Waals surface area contributed by atoms with E-state index in [1.165, 1.54) is 0 Å². The maximum atomic E-state index is 12.9. The van der Waals surface area contributed by atoms with E-state index in [9.17, 15) is 9.90 Å². The van der Waals surface area contributed by atoms with Crippen molar-refractivity contribution in [1.29, 1.82) is 0 Å². The Balaban J connectivity index is 1.63. The zero-order valence-corrected chi connectivity index (χ0v) is 16.8. The molecule has 2 aromatic heterocycles. The molecule has 4 aromatic rings. The topological polar surface area (TPSA) is 87.1 Å². The van der Waals surface area contributed by atoms with Gasteiger partial charge in [0.2, 0.25) is 0 Å². The molecule has 0 saturated carbocycles. The quantitative estimate of drug-likeness (QED) is 0.456. The second kappa shape index (κ2) is 8.21. The molecule has 0 spiro atoms. The van der Waals surface area contributed by atoms with Crippen LogP contribution in [-0.2, 0) is 6.54 Å². The average Bonchev–Trinajstić information content (AvgIpc) is 2.74. The first-order valence-corrected chi connectivity index (χ1v) is 9.66. The van der Waals surface area contributed by atoms with Crippen molar-refractivity contribution in [2.75, 3.05) is 5.32 Å². The number of nitrogens with one attached hydrogen (secondary N) is 2. The summed E-state index contributed by atoms with van der Waals surface area (Å²) < 4.78 is 0. The summed E-state index contributed by atoms with van der Waals surface area (Å²) in [6.07, 6.45) is 1.67. The number of hydrogen-bond donors (Lipinski definition) is 3. The van der Waals surface area contributed by atoms with Crippen molar-refractivity contribution in [3.05, 3.63) is 89.4 Å². The second-order valence-electron chi connectivity index (χ2n) is 7.14. The third-order valence-corrected chi connectivity index (χ3v) is 4.88. The smallest absolute Gasteiger partial charge is 0.253 e. The second-order valence-corrected chi connectivity index (χ2v) is 7.14. The lowest BCUT2D eigenvalue weighted by Gasteiger charge is -2.14. The molecule has 0 saturated heterocycles. The van der Waals surface area contributed by atoms with Gasteiger partial charge in [-0.05, 0) is 49.7 Å². The molecule has 0 atom stereocenters. The van der Waals surface area contributed by atoms with Gasteiger partial charge >= 0.3 is 0 Å². The highest BCUT2D eigenvalue weighted by Crippen LogP contribution is 2.30. The summed E-state index contributed by atoms with van der Waals surface area (Å²) in [5.41, 5.74) is 5.42. The first-order chi connectivity index (χ1) is 14.5. The molecule has 0 radical (unpaired) electrons. The van der Waals surface area contributed by atoms with Crippen molar-refractivity contribution in [3.63, 3.8) is 0 Å². The highest BCUT2D eigenvalue weighted by atomic mass is 16.3. The number of carbonyl (C=O) groups excluding carboxylic acids is 1. The standard InChI is InChI=1S/C24H22N4O2/c1-15-9-10-18(29)13-22(15)28-21-11-12-25-23-19(21)7-4-8-20(23)24(30)26-14-17-6-3-5-16(2)27-17/h3-13,29H,14H2,1-2H3,(H,25,28)(H,26,30). The molecule has 1 amide bonds. The number of anilines is 2. The van der Waals surface area contributed by atoms with Gasteiger partial charge in [0.25, 0.3) is 5.91 Å². The Kier molecular flexibility index (Phi) is 5.30. The Morgan fingerprint density at radius 2 is 1.83 bits per heavy atom. The van der Waals surface area contributed by atoms with Gasteiger partial charge in [-0.15, -0.1) is 0 Å². The minimum absolute atomic E-state index is 0.186. The van der Waals surface area contributed by atoms with Crippen LogP contribution in [0.4, 0.5) is 11.4 Å². The molecule has 0 aliphatic rings. The Morgan fingerprint density at radius 3 is 2.67 bits per heavy atom. The molecule has 150 valence electrons. The summed E-state index contributed by atoms with van der Waals surface area (Å²) in [4.78, 5) is 21.7. The zero-order valence-electron chi connectivity index (χ0n) is 16.8. The molecule has 0 bridgehead atoms. The number of hydrogen-bond acceptors (Lipinski definition) is 5. The fraction of sp³-hybridized carbons (Fsp3) is 0.125. The number of benzene rings is 2. The lowest BCUT2D eigenvalue weighted by Crippen LogP contribution is -2.23. The maximum absolute atomic E-state index is 12.9. The highest BCUT2D eigenvalue weighted by molar-refractivity contribution is 6.08. The van der Waals surface area contributed by atoms with E-state index in [0.717, 1.165) is 33.7 Å². The Labute approximate surface area is 174 Å². The predicted octanol–water partition coefficient (Wildman–Crippen LogP) is 4.63. The van der Waals surface area contributed by atoms with Crippen LogP contribution in [0.15, 0.2) is 66.9 Å². The fourth-order valence-corrected chi connectivity index (χ4v) is 3.32. The van der Waals surface area contributed by atoms with Crippen LogP contribution >= 0.6 is 0 Å². The molecule has 30 heavy (non-hydrogen) atoms. The first-order valence-electron chi connectivity index (χ1n) is 9.66. The predicted molar refractivity (Wildman–Crippen MR) is 118 cm³/mol. The average molecular weight is 398 g/mol. The number of aryl methyl sites for hydroxylation is 2. The van der Waals surface area contributed by atoms with Gasteiger partial charge in [0.1, 0.15) is 5.75 Å². The van der Waals surface area contributed by atoms with Crippen LogP contribution < -0.4 is 10.6 Å². The van der Waals surface area contributed by atoms with E-state index in [4.69, 9.17) is 0 Å². The molecule has 0 aliphatic heterocycles. The number of pyridine rings is 2. The number of fused-ring (bicyclic) bond motifs is 1. The van der Waals surface area contributed by atoms with Crippen molar-refractivity contribution in [2.45, 2.75) is 20.4 Å². The number of para-hydroxylation sites is 1. The van der Waals surface area contributed by atoms with Gasteiger partial charge in [0.05, 0.1) is 23.3 Å². The van der Waals surface area contributed by atoms with E-state index in [0.29, 0.717) is 17.6 Å². The van der Waals surface area contributed by atoms with Crippen LogP contribution in [-0.4, -0.2) is 21.0 Å². The molecule has 6 heteroatoms. The lowest BCUT2D eigenvalue weighted by atomic mass is 10.1. The van der Waals surface area contributed by atoms with Gasteiger partial charge in [-0.3, -0.25) is 14.8 Å². The van der Waals surface area contributed by atoms with E-state index in [-0.39, 0.29) is 11.7 Å². The number of phenolic OH excluding ortho intramolecular Hbond substituents is 1. The lowest BCUT2D eigenvalue weighted by molar-refractivity contribution is 0.0952. The van der Waals surface area contributed by atoms with Crippen molar-refractivity contribution >= 4 is 28.2 Å². The zero-order chi connectivity index (χ0) is 21.1. The minimum Gasteiger partial charge on any atom is -0.508 e. The van der Waals surface area contributed by atoms with Crippen molar-refractivity contribution in [1.82, 2.24) is 15.3 Å². The summed E-state index contributed by atoms with van der Waals surface area (Å²) in [6.45, 7) is 4.23. The fourth-order valence-electron chi connectivity index (χ4n) is 3.32.